The zero-order chi connectivity index (χ0) is 17.1. The monoisotopic (exact) mass is 339 g/mol. The lowest BCUT2D eigenvalue weighted by Crippen LogP contribution is -2.48. The molecule has 5 heteroatoms. The molecule has 2 aromatic rings. The van der Waals surface area contributed by atoms with Crippen molar-refractivity contribution in [3.05, 3.63) is 54.0 Å². The van der Waals surface area contributed by atoms with Crippen LogP contribution in [0.2, 0.25) is 0 Å². The first-order valence-corrected chi connectivity index (χ1v) is 9.10. The first-order valence-electron chi connectivity index (χ1n) is 9.10. The minimum atomic E-state index is 0.316. The van der Waals surface area contributed by atoms with Crippen molar-refractivity contribution in [2.45, 2.75) is 38.5 Å². The summed E-state index contributed by atoms with van der Waals surface area (Å²) in [4.78, 5) is 11.4. The molecule has 4 rings (SSSR count). The summed E-state index contributed by atoms with van der Waals surface area (Å²) in [5, 5.41) is 0. The molecule has 1 saturated heterocycles. The Balaban J connectivity index is 1.36. The third-order valence-corrected chi connectivity index (χ3v) is 5.16. The summed E-state index contributed by atoms with van der Waals surface area (Å²) < 4.78 is 11.9. The van der Waals surface area contributed by atoms with E-state index in [9.17, 15) is 0 Å². The van der Waals surface area contributed by atoms with E-state index in [1.807, 2.05) is 31.2 Å². The molecule has 0 spiro atoms. The Hall–Kier alpha value is -1.98. The highest BCUT2D eigenvalue weighted by Gasteiger charge is 2.41. The molecular formula is C20H25N3O2. The van der Waals surface area contributed by atoms with Crippen LogP contribution >= 0.6 is 0 Å². The van der Waals surface area contributed by atoms with Gasteiger partial charge in [0.2, 0.25) is 5.88 Å². The number of nitrogens with zero attached hydrogens (tertiary/aromatic N) is 3. The molecule has 0 radical (unpaired) electrons. The predicted molar refractivity (Wildman–Crippen MR) is 95.4 cm³/mol. The van der Waals surface area contributed by atoms with Crippen molar-refractivity contribution in [3.8, 4) is 5.88 Å². The number of hydrogen-bond donors (Lipinski definition) is 0. The van der Waals surface area contributed by atoms with Gasteiger partial charge in [-0.05, 0) is 43.9 Å². The minimum Gasteiger partial charge on any atom is -0.477 e. The molecule has 1 saturated carbocycles. The smallest absolute Gasteiger partial charge is 0.213 e. The van der Waals surface area contributed by atoms with E-state index < -0.39 is 0 Å². The fraction of sp³-hybridized carbons (Fsp3) is 0.500. The van der Waals surface area contributed by atoms with Crippen LogP contribution in [0.25, 0.3) is 0 Å². The van der Waals surface area contributed by atoms with Crippen molar-refractivity contribution in [2.24, 2.45) is 5.92 Å². The quantitative estimate of drug-likeness (QED) is 0.838. The molecule has 2 aliphatic rings. The van der Waals surface area contributed by atoms with Crippen LogP contribution in [0.1, 0.15) is 24.2 Å². The number of hydrogen-bond acceptors (Lipinski definition) is 5. The standard InChI is InChI=1S/C20H25N3O2/c1-15-5-4-6-17(22-15)13-23-9-10-24-19-12-16(11-18(19)23)14-25-20-7-2-3-8-21-20/h2-8,16,18-19H,9-14H2,1H3/t16?,18-,19-/m1/s1. The van der Waals surface area contributed by atoms with Gasteiger partial charge < -0.3 is 9.47 Å². The summed E-state index contributed by atoms with van der Waals surface area (Å²) in [5.74, 6) is 1.22. The Morgan fingerprint density at radius 3 is 3.00 bits per heavy atom. The molecule has 0 amide bonds. The first-order chi connectivity index (χ1) is 12.3. The topological polar surface area (TPSA) is 47.5 Å². The highest BCUT2D eigenvalue weighted by Crippen LogP contribution is 2.35. The molecule has 132 valence electrons. The summed E-state index contributed by atoms with van der Waals surface area (Å²) in [7, 11) is 0. The van der Waals surface area contributed by atoms with Crippen molar-refractivity contribution in [1.29, 1.82) is 0 Å². The molecule has 2 fully saturated rings. The first kappa shape index (κ1) is 16.5. The summed E-state index contributed by atoms with van der Waals surface area (Å²) in [6.45, 7) is 5.45. The lowest BCUT2D eigenvalue weighted by Gasteiger charge is -2.37. The van der Waals surface area contributed by atoms with Crippen molar-refractivity contribution in [3.63, 3.8) is 0 Å². The third-order valence-electron chi connectivity index (χ3n) is 5.16. The van der Waals surface area contributed by atoms with E-state index in [2.05, 4.69) is 27.0 Å². The van der Waals surface area contributed by atoms with Gasteiger partial charge in [0.1, 0.15) is 0 Å². The van der Waals surface area contributed by atoms with E-state index in [1.165, 1.54) is 0 Å². The van der Waals surface area contributed by atoms with Gasteiger partial charge in [0, 0.05) is 37.1 Å². The maximum absolute atomic E-state index is 6.04. The van der Waals surface area contributed by atoms with Gasteiger partial charge in [-0.15, -0.1) is 0 Å². The summed E-state index contributed by atoms with van der Waals surface area (Å²) in [6, 6.07) is 12.5. The number of pyridine rings is 2. The Morgan fingerprint density at radius 2 is 2.16 bits per heavy atom. The van der Waals surface area contributed by atoms with Crippen LogP contribution in [0.3, 0.4) is 0 Å². The normalized spacial score (nSPS) is 26.4. The van der Waals surface area contributed by atoms with Crippen LogP contribution in [0.4, 0.5) is 0 Å². The van der Waals surface area contributed by atoms with Gasteiger partial charge >= 0.3 is 0 Å². The average molecular weight is 339 g/mol. The second-order valence-electron chi connectivity index (χ2n) is 7.03. The van der Waals surface area contributed by atoms with Crippen molar-refractivity contribution < 1.29 is 9.47 Å². The molecule has 3 heterocycles. The SMILES string of the molecule is Cc1cccc(CN2CCO[C@@H]3CC(COc4ccccn4)C[C@H]32)n1. The summed E-state index contributed by atoms with van der Waals surface area (Å²) in [6.07, 6.45) is 4.26. The van der Waals surface area contributed by atoms with Gasteiger partial charge in [-0.3, -0.25) is 9.88 Å². The number of rotatable bonds is 5. The van der Waals surface area contributed by atoms with E-state index in [-0.39, 0.29) is 0 Å². The Morgan fingerprint density at radius 1 is 1.20 bits per heavy atom. The molecule has 0 aromatic carbocycles. The number of morpholine rings is 1. The Kier molecular flexibility index (Phi) is 4.95. The molecule has 1 unspecified atom stereocenters. The van der Waals surface area contributed by atoms with Gasteiger partial charge in [0.05, 0.1) is 25.0 Å². The third kappa shape index (κ3) is 3.99. The Labute approximate surface area is 149 Å². The number of aromatic nitrogens is 2. The van der Waals surface area contributed by atoms with Gasteiger partial charge in [0.15, 0.2) is 0 Å². The molecule has 2 aromatic heterocycles. The molecule has 1 aliphatic heterocycles. The van der Waals surface area contributed by atoms with Gasteiger partial charge in [-0.25, -0.2) is 4.98 Å². The van der Waals surface area contributed by atoms with E-state index in [0.29, 0.717) is 30.6 Å². The van der Waals surface area contributed by atoms with Crippen LogP contribution in [-0.4, -0.2) is 46.8 Å². The molecule has 0 N–H and O–H groups in total. The van der Waals surface area contributed by atoms with Gasteiger partial charge in [0.25, 0.3) is 0 Å². The molecule has 25 heavy (non-hydrogen) atoms. The van der Waals surface area contributed by atoms with E-state index in [1.54, 1.807) is 6.20 Å². The van der Waals surface area contributed by atoms with Crippen molar-refractivity contribution in [2.75, 3.05) is 19.8 Å². The highest BCUT2D eigenvalue weighted by atomic mass is 16.5. The van der Waals surface area contributed by atoms with Gasteiger partial charge in [-0.2, -0.15) is 0 Å². The van der Waals surface area contributed by atoms with Crippen LogP contribution in [0.5, 0.6) is 5.88 Å². The largest absolute Gasteiger partial charge is 0.477 e. The van der Waals surface area contributed by atoms with Crippen LogP contribution in [0.15, 0.2) is 42.6 Å². The fourth-order valence-electron chi connectivity index (χ4n) is 3.99. The molecule has 3 atom stereocenters. The van der Waals surface area contributed by atoms with E-state index in [4.69, 9.17) is 9.47 Å². The molecule has 5 nitrogen and oxygen atoms in total. The van der Waals surface area contributed by atoms with Crippen molar-refractivity contribution >= 4 is 0 Å². The van der Waals surface area contributed by atoms with Crippen LogP contribution in [0, 0.1) is 12.8 Å². The van der Waals surface area contributed by atoms with Crippen LogP contribution < -0.4 is 4.74 Å². The summed E-state index contributed by atoms with van der Waals surface area (Å²) >= 11 is 0. The highest BCUT2D eigenvalue weighted by molar-refractivity contribution is 5.11. The second-order valence-corrected chi connectivity index (χ2v) is 7.03. The predicted octanol–water partition coefficient (Wildman–Crippen LogP) is 2.84. The maximum atomic E-state index is 6.04. The van der Waals surface area contributed by atoms with E-state index in [0.717, 1.165) is 43.9 Å². The molecular weight excluding hydrogens is 314 g/mol. The number of ether oxygens (including phenoxy) is 2. The lowest BCUT2D eigenvalue weighted by atomic mass is 10.1. The molecule has 1 aliphatic carbocycles. The summed E-state index contributed by atoms with van der Waals surface area (Å²) in [5.41, 5.74) is 2.23. The van der Waals surface area contributed by atoms with Crippen LogP contribution in [-0.2, 0) is 11.3 Å². The fourth-order valence-corrected chi connectivity index (χ4v) is 3.99. The number of fused-ring (bicyclic) bond motifs is 1. The maximum Gasteiger partial charge on any atom is 0.213 e. The average Bonchev–Trinajstić information content (AvgIpc) is 3.05. The zero-order valence-electron chi connectivity index (χ0n) is 14.7. The zero-order valence-corrected chi connectivity index (χ0v) is 14.7. The van der Waals surface area contributed by atoms with Crippen molar-refractivity contribution in [1.82, 2.24) is 14.9 Å². The lowest BCUT2D eigenvalue weighted by molar-refractivity contribution is -0.0594. The molecule has 0 bridgehead atoms. The minimum absolute atomic E-state index is 0.316. The Bertz CT molecular complexity index is 694. The number of aryl methyl sites for hydroxylation is 1. The van der Waals surface area contributed by atoms with E-state index >= 15 is 0 Å². The van der Waals surface area contributed by atoms with Gasteiger partial charge in [-0.1, -0.05) is 12.1 Å². The second kappa shape index (κ2) is 7.50.